The number of amides is 1. The van der Waals surface area contributed by atoms with Crippen LogP contribution in [0.2, 0.25) is 5.02 Å². The smallest absolute Gasteiger partial charge is 0.231 e. The molecule has 1 aromatic heterocycles. The number of anilines is 1. The number of aromatic hydroxyl groups is 1. The minimum absolute atomic E-state index is 0.0284. The van der Waals surface area contributed by atoms with Crippen molar-refractivity contribution >= 4 is 34.3 Å². The summed E-state index contributed by atoms with van der Waals surface area (Å²) in [5.74, 6) is 0.129. The second-order valence-corrected chi connectivity index (χ2v) is 7.00. The van der Waals surface area contributed by atoms with Crippen LogP contribution in [-0.2, 0) is 4.79 Å². The quantitative estimate of drug-likeness (QED) is 0.697. The molecule has 0 spiro atoms. The number of halogens is 1. The monoisotopic (exact) mass is 344 g/mol. The van der Waals surface area contributed by atoms with Gasteiger partial charge in [-0.25, -0.2) is 4.98 Å². The lowest BCUT2D eigenvalue weighted by molar-refractivity contribution is -0.123. The number of hydrogen-bond acceptors (Lipinski definition) is 4. The molecule has 6 heteroatoms. The Bertz CT molecular complexity index is 926. The molecule has 3 rings (SSSR count). The first-order valence-electron chi connectivity index (χ1n) is 7.45. The van der Waals surface area contributed by atoms with E-state index in [1.165, 1.54) is 6.07 Å². The molecule has 0 saturated heterocycles. The number of hydrogen-bond donors (Lipinski definition) is 2. The predicted molar refractivity (Wildman–Crippen MR) is 94.2 cm³/mol. The summed E-state index contributed by atoms with van der Waals surface area (Å²) < 4.78 is 5.65. The zero-order chi connectivity index (χ0) is 17.5. The molecule has 0 atom stereocenters. The third kappa shape index (κ3) is 3.21. The van der Waals surface area contributed by atoms with Crippen LogP contribution in [0.15, 0.2) is 40.8 Å². The molecule has 0 bridgehead atoms. The predicted octanol–water partition coefficient (Wildman–Crippen LogP) is 4.84. The molecule has 0 aliphatic heterocycles. The number of oxazole rings is 1. The van der Waals surface area contributed by atoms with Gasteiger partial charge in [0, 0.05) is 22.2 Å². The van der Waals surface area contributed by atoms with E-state index in [1.54, 1.807) is 30.3 Å². The molecule has 124 valence electrons. The summed E-state index contributed by atoms with van der Waals surface area (Å²) in [7, 11) is 0. The van der Waals surface area contributed by atoms with Crippen molar-refractivity contribution in [2.75, 3.05) is 5.32 Å². The second kappa shape index (κ2) is 5.83. The van der Waals surface area contributed by atoms with Gasteiger partial charge in [0.25, 0.3) is 0 Å². The largest absolute Gasteiger partial charge is 0.507 e. The van der Waals surface area contributed by atoms with Gasteiger partial charge in [0.05, 0.1) is 5.56 Å². The summed E-state index contributed by atoms with van der Waals surface area (Å²) >= 11 is 5.94. The van der Waals surface area contributed by atoms with Crippen molar-refractivity contribution in [3.8, 4) is 17.2 Å². The van der Waals surface area contributed by atoms with E-state index in [-0.39, 0.29) is 11.7 Å². The molecule has 1 heterocycles. The fraction of sp³-hybridized carbons (Fsp3) is 0.222. The van der Waals surface area contributed by atoms with E-state index in [0.29, 0.717) is 33.3 Å². The van der Waals surface area contributed by atoms with E-state index in [4.69, 9.17) is 16.0 Å². The average Bonchev–Trinajstić information content (AvgIpc) is 2.88. The molecular formula is C18H17ClN2O3. The van der Waals surface area contributed by atoms with Crippen molar-refractivity contribution in [2.24, 2.45) is 5.41 Å². The van der Waals surface area contributed by atoms with Crippen LogP contribution < -0.4 is 5.32 Å². The maximum absolute atomic E-state index is 12.0. The van der Waals surface area contributed by atoms with Gasteiger partial charge < -0.3 is 14.8 Å². The first kappa shape index (κ1) is 16.3. The highest BCUT2D eigenvalue weighted by Gasteiger charge is 2.21. The molecule has 0 unspecified atom stereocenters. The van der Waals surface area contributed by atoms with Crippen molar-refractivity contribution in [3.05, 3.63) is 41.4 Å². The van der Waals surface area contributed by atoms with Gasteiger partial charge in [-0.05, 0) is 30.3 Å². The van der Waals surface area contributed by atoms with E-state index in [0.717, 1.165) is 0 Å². The highest BCUT2D eigenvalue weighted by Crippen LogP contribution is 2.34. The molecule has 5 nitrogen and oxygen atoms in total. The van der Waals surface area contributed by atoms with Crippen LogP contribution in [0, 0.1) is 5.41 Å². The van der Waals surface area contributed by atoms with E-state index < -0.39 is 5.41 Å². The topological polar surface area (TPSA) is 75.4 Å². The molecular weight excluding hydrogens is 328 g/mol. The van der Waals surface area contributed by atoms with Gasteiger partial charge in [-0.3, -0.25) is 4.79 Å². The lowest BCUT2D eigenvalue weighted by Crippen LogP contribution is -2.27. The first-order chi connectivity index (χ1) is 11.2. The van der Waals surface area contributed by atoms with Crippen molar-refractivity contribution in [3.63, 3.8) is 0 Å². The van der Waals surface area contributed by atoms with Gasteiger partial charge in [-0.2, -0.15) is 0 Å². The number of nitrogens with one attached hydrogen (secondary N) is 1. The van der Waals surface area contributed by atoms with Gasteiger partial charge in [-0.15, -0.1) is 0 Å². The first-order valence-corrected chi connectivity index (χ1v) is 7.83. The third-order valence-corrected chi connectivity index (χ3v) is 3.75. The average molecular weight is 345 g/mol. The Hall–Kier alpha value is -2.53. The Morgan fingerprint density at radius 2 is 1.96 bits per heavy atom. The molecule has 2 N–H and O–H groups in total. The maximum atomic E-state index is 12.0. The SMILES string of the molecule is CC(C)(C)C(=O)Nc1ccc(-c2nc3cc(Cl)ccc3o2)c(O)c1. The van der Waals surface area contributed by atoms with Gasteiger partial charge in [0.1, 0.15) is 11.3 Å². The number of phenols is 1. The van der Waals surface area contributed by atoms with Crippen LogP contribution in [0.1, 0.15) is 20.8 Å². The Morgan fingerprint density at radius 3 is 2.62 bits per heavy atom. The fourth-order valence-electron chi connectivity index (χ4n) is 2.12. The van der Waals surface area contributed by atoms with Crippen molar-refractivity contribution in [1.82, 2.24) is 4.98 Å². The fourth-order valence-corrected chi connectivity index (χ4v) is 2.29. The van der Waals surface area contributed by atoms with Crippen molar-refractivity contribution in [2.45, 2.75) is 20.8 Å². The molecule has 1 amide bonds. The normalized spacial score (nSPS) is 11.7. The number of carbonyl (C=O) groups is 1. The number of carbonyl (C=O) groups excluding carboxylic acids is 1. The van der Waals surface area contributed by atoms with E-state index in [1.807, 2.05) is 20.8 Å². The van der Waals surface area contributed by atoms with E-state index in [2.05, 4.69) is 10.3 Å². The highest BCUT2D eigenvalue weighted by molar-refractivity contribution is 6.31. The third-order valence-electron chi connectivity index (χ3n) is 3.52. The molecule has 2 aromatic carbocycles. The van der Waals surface area contributed by atoms with Crippen LogP contribution in [0.5, 0.6) is 5.75 Å². The number of phenolic OH excluding ortho intramolecular Hbond substituents is 1. The van der Waals surface area contributed by atoms with Crippen LogP contribution in [-0.4, -0.2) is 16.0 Å². The molecule has 3 aromatic rings. The number of benzene rings is 2. The zero-order valence-electron chi connectivity index (χ0n) is 13.6. The van der Waals surface area contributed by atoms with Crippen molar-refractivity contribution < 1.29 is 14.3 Å². The molecule has 0 aliphatic carbocycles. The van der Waals surface area contributed by atoms with Gasteiger partial charge in [0.15, 0.2) is 5.58 Å². The van der Waals surface area contributed by atoms with Gasteiger partial charge in [-0.1, -0.05) is 32.4 Å². The van der Waals surface area contributed by atoms with E-state index >= 15 is 0 Å². The number of nitrogens with zero attached hydrogens (tertiary/aromatic N) is 1. The molecule has 0 radical (unpaired) electrons. The van der Waals surface area contributed by atoms with Gasteiger partial charge in [0.2, 0.25) is 11.8 Å². The minimum atomic E-state index is -0.520. The number of fused-ring (bicyclic) bond motifs is 1. The van der Waals surface area contributed by atoms with Crippen molar-refractivity contribution in [1.29, 1.82) is 0 Å². The number of aromatic nitrogens is 1. The second-order valence-electron chi connectivity index (χ2n) is 6.57. The molecule has 0 aliphatic rings. The highest BCUT2D eigenvalue weighted by atomic mass is 35.5. The number of rotatable bonds is 2. The summed E-state index contributed by atoms with van der Waals surface area (Å²) in [6, 6.07) is 9.95. The lowest BCUT2D eigenvalue weighted by Gasteiger charge is -2.17. The maximum Gasteiger partial charge on any atom is 0.231 e. The zero-order valence-corrected chi connectivity index (χ0v) is 14.3. The minimum Gasteiger partial charge on any atom is -0.507 e. The standard InChI is InChI=1S/C18H17ClN2O3/c1-18(2,3)17(23)20-11-5-6-12(14(22)9-11)16-21-13-8-10(19)4-7-15(13)24-16/h4-9,22H,1-3H3,(H,20,23). The lowest BCUT2D eigenvalue weighted by atomic mass is 9.95. The molecule has 24 heavy (non-hydrogen) atoms. The Balaban J connectivity index is 1.93. The summed E-state index contributed by atoms with van der Waals surface area (Å²) in [4.78, 5) is 16.3. The van der Waals surface area contributed by atoms with E-state index in [9.17, 15) is 9.90 Å². The van der Waals surface area contributed by atoms with Crippen LogP contribution in [0.25, 0.3) is 22.6 Å². The molecule has 0 saturated carbocycles. The summed E-state index contributed by atoms with van der Waals surface area (Å²) in [6.45, 7) is 5.46. The Morgan fingerprint density at radius 1 is 1.21 bits per heavy atom. The van der Waals surface area contributed by atoms with Crippen LogP contribution >= 0.6 is 11.6 Å². The van der Waals surface area contributed by atoms with Crippen LogP contribution in [0.3, 0.4) is 0 Å². The Labute approximate surface area is 144 Å². The van der Waals surface area contributed by atoms with Gasteiger partial charge >= 0.3 is 0 Å². The summed E-state index contributed by atoms with van der Waals surface area (Å²) in [5.41, 5.74) is 1.63. The molecule has 0 fully saturated rings. The summed E-state index contributed by atoms with van der Waals surface area (Å²) in [5, 5.41) is 13.6. The van der Waals surface area contributed by atoms with Crippen LogP contribution in [0.4, 0.5) is 5.69 Å². The Kier molecular flexibility index (Phi) is 3.97. The summed E-state index contributed by atoms with van der Waals surface area (Å²) in [6.07, 6.45) is 0.